The van der Waals surface area contributed by atoms with Gasteiger partial charge in [0.25, 0.3) is 0 Å². The number of aliphatic carboxylic acids is 1. The number of nitrogens with one attached hydrogen (secondary N) is 1. The number of carbonyl (C=O) groups excluding carboxylic acids is 1. The van der Waals surface area contributed by atoms with Crippen molar-refractivity contribution in [1.29, 1.82) is 0 Å². The van der Waals surface area contributed by atoms with Gasteiger partial charge in [-0.15, -0.1) is 0 Å². The molecule has 5 nitrogen and oxygen atoms in total. The fourth-order valence-corrected chi connectivity index (χ4v) is 1.95. The van der Waals surface area contributed by atoms with Crippen LogP contribution < -0.4 is 5.32 Å². The molecule has 2 rings (SSSR count). The molecule has 0 bridgehead atoms. The molecule has 0 spiro atoms. The van der Waals surface area contributed by atoms with Crippen molar-refractivity contribution in [3.05, 3.63) is 35.9 Å². The molecular weight excluding hydrogens is 220 g/mol. The van der Waals surface area contributed by atoms with Gasteiger partial charge in [0.15, 0.2) is 0 Å². The Labute approximate surface area is 99.0 Å². The molecule has 1 fully saturated rings. The van der Waals surface area contributed by atoms with Crippen molar-refractivity contribution >= 4 is 12.0 Å². The first-order chi connectivity index (χ1) is 8.16. The predicted octanol–water partition coefficient (Wildman–Crippen LogP) is 1.23. The van der Waals surface area contributed by atoms with Gasteiger partial charge in [0.05, 0.1) is 6.04 Å². The lowest BCUT2D eigenvalue weighted by atomic mass is 10.0. The van der Waals surface area contributed by atoms with E-state index in [1.165, 1.54) is 4.90 Å². The van der Waals surface area contributed by atoms with Crippen LogP contribution in [0.25, 0.3) is 0 Å². The zero-order valence-corrected chi connectivity index (χ0v) is 9.30. The quantitative estimate of drug-likeness (QED) is 0.826. The van der Waals surface area contributed by atoms with E-state index in [1.54, 1.807) is 0 Å². The van der Waals surface area contributed by atoms with E-state index in [2.05, 4.69) is 5.32 Å². The second-order valence-electron chi connectivity index (χ2n) is 4.02. The molecular formula is C12H14N2O3. The highest BCUT2D eigenvalue weighted by Gasteiger charge is 2.26. The maximum Gasteiger partial charge on any atom is 0.323 e. The van der Waals surface area contributed by atoms with Crippen LogP contribution in [0, 0.1) is 0 Å². The van der Waals surface area contributed by atoms with Gasteiger partial charge in [0.2, 0.25) is 0 Å². The van der Waals surface area contributed by atoms with Crippen molar-refractivity contribution in [3.63, 3.8) is 0 Å². The monoisotopic (exact) mass is 234 g/mol. The molecule has 2 N–H and O–H groups in total. The van der Waals surface area contributed by atoms with Crippen LogP contribution in [-0.2, 0) is 4.79 Å². The number of hydrogen-bond donors (Lipinski definition) is 2. The van der Waals surface area contributed by atoms with Crippen molar-refractivity contribution in [1.82, 2.24) is 10.2 Å². The van der Waals surface area contributed by atoms with Crippen LogP contribution in [0.4, 0.5) is 4.79 Å². The molecule has 0 saturated carbocycles. The lowest BCUT2D eigenvalue weighted by Gasteiger charge is -2.32. The fraction of sp³-hybridized carbons (Fsp3) is 0.333. The van der Waals surface area contributed by atoms with Crippen LogP contribution in [0.5, 0.6) is 0 Å². The number of rotatable bonds is 3. The summed E-state index contributed by atoms with van der Waals surface area (Å²) in [5.41, 5.74) is 1.05. The Balaban J connectivity index is 2.00. The molecule has 90 valence electrons. The smallest absolute Gasteiger partial charge is 0.323 e. The van der Waals surface area contributed by atoms with E-state index in [4.69, 9.17) is 5.11 Å². The Morgan fingerprint density at radius 3 is 2.71 bits per heavy atom. The number of amides is 2. The largest absolute Gasteiger partial charge is 0.480 e. The van der Waals surface area contributed by atoms with E-state index >= 15 is 0 Å². The standard InChI is InChI=1S/C12H14N2O3/c15-11(16)8-14-7-6-10(13-12(14)17)9-4-2-1-3-5-9/h1-5,10H,6-8H2,(H,13,17)(H,15,16). The van der Waals surface area contributed by atoms with Crippen molar-refractivity contribution < 1.29 is 14.7 Å². The van der Waals surface area contributed by atoms with Gasteiger partial charge in [-0.05, 0) is 12.0 Å². The number of carbonyl (C=O) groups is 2. The van der Waals surface area contributed by atoms with E-state index in [9.17, 15) is 9.59 Å². The number of carboxylic acid groups (broad SMARTS) is 1. The van der Waals surface area contributed by atoms with Crippen LogP contribution in [0.2, 0.25) is 0 Å². The second kappa shape index (κ2) is 4.86. The Hall–Kier alpha value is -2.04. The molecule has 1 heterocycles. The van der Waals surface area contributed by atoms with Gasteiger partial charge in [0, 0.05) is 6.54 Å². The average Bonchev–Trinajstić information content (AvgIpc) is 2.32. The van der Waals surface area contributed by atoms with Crippen LogP contribution >= 0.6 is 0 Å². The van der Waals surface area contributed by atoms with Gasteiger partial charge in [-0.2, -0.15) is 0 Å². The van der Waals surface area contributed by atoms with E-state index in [0.29, 0.717) is 6.54 Å². The highest BCUT2D eigenvalue weighted by atomic mass is 16.4. The fourth-order valence-electron chi connectivity index (χ4n) is 1.95. The summed E-state index contributed by atoms with van der Waals surface area (Å²) in [4.78, 5) is 23.5. The van der Waals surface area contributed by atoms with Crippen molar-refractivity contribution in [2.24, 2.45) is 0 Å². The van der Waals surface area contributed by atoms with Crippen molar-refractivity contribution in [3.8, 4) is 0 Å². The predicted molar refractivity (Wildman–Crippen MR) is 61.5 cm³/mol. The number of hydrogen-bond acceptors (Lipinski definition) is 2. The Kier molecular flexibility index (Phi) is 3.27. The molecule has 1 aliphatic heterocycles. The number of nitrogens with zero attached hydrogens (tertiary/aromatic N) is 1. The number of urea groups is 1. The first-order valence-electron chi connectivity index (χ1n) is 5.49. The van der Waals surface area contributed by atoms with E-state index in [1.807, 2.05) is 30.3 Å². The molecule has 17 heavy (non-hydrogen) atoms. The summed E-state index contributed by atoms with van der Waals surface area (Å²) in [5, 5.41) is 11.5. The zero-order valence-electron chi connectivity index (χ0n) is 9.30. The van der Waals surface area contributed by atoms with Crippen LogP contribution in [-0.4, -0.2) is 35.1 Å². The van der Waals surface area contributed by atoms with E-state index in [-0.39, 0.29) is 18.6 Å². The molecule has 0 aromatic heterocycles. The summed E-state index contributed by atoms with van der Waals surface area (Å²) in [6.45, 7) is 0.227. The van der Waals surface area contributed by atoms with Gasteiger partial charge < -0.3 is 15.3 Å². The van der Waals surface area contributed by atoms with Crippen LogP contribution in [0.1, 0.15) is 18.0 Å². The SMILES string of the molecule is O=C(O)CN1CCC(c2ccccc2)NC1=O. The maximum atomic E-state index is 11.7. The first kappa shape index (κ1) is 11.4. The van der Waals surface area contributed by atoms with E-state index < -0.39 is 5.97 Å². The second-order valence-corrected chi connectivity index (χ2v) is 4.02. The average molecular weight is 234 g/mol. The molecule has 1 unspecified atom stereocenters. The highest BCUT2D eigenvalue weighted by molar-refractivity contribution is 5.81. The molecule has 1 aromatic carbocycles. The van der Waals surface area contributed by atoms with Gasteiger partial charge in [-0.1, -0.05) is 30.3 Å². The summed E-state index contributed by atoms with van der Waals surface area (Å²) in [6.07, 6.45) is 0.725. The van der Waals surface area contributed by atoms with Gasteiger partial charge in [-0.3, -0.25) is 4.79 Å². The third-order valence-electron chi connectivity index (χ3n) is 2.80. The molecule has 1 saturated heterocycles. The molecule has 0 aliphatic carbocycles. The topological polar surface area (TPSA) is 69.6 Å². The summed E-state index contributed by atoms with van der Waals surface area (Å²) in [7, 11) is 0. The summed E-state index contributed by atoms with van der Waals surface area (Å²) in [5.74, 6) is -0.988. The number of benzene rings is 1. The highest BCUT2D eigenvalue weighted by Crippen LogP contribution is 2.20. The molecule has 1 aliphatic rings. The Morgan fingerprint density at radius 2 is 2.12 bits per heavy atom. The Morgan fingerprint density at radius 1 is 1.41 bits per heavy atom. The van der Waals surface area contributed by atoms with Crippen LogP contribution in [0.3, 0.4) is 0 Å². The summed E-state index contributed by atoms with van der Waals surface area (Å²) >= 11 is 0. The lowest BCUT2D eigenvalue weighted by molar-refractivity contribution is -0.137. The first-order valence-corrected chi connectivity index (χ1v) is 5.49. The zero-order chi connectivity index (χ0) is 12.3. The third-order valence-corrected chi connectivity index (χ3v) is 2.80. The Bertz CT molecular complexity index is 419. The normalized spacial score (nSPS) is 19.9. The summed E-state index contributed by atoms with van der Waals surface area (Å²) in [6, 6.07) is 9.35. The maximum absolute atomic E-state index is 11.7. The van der Waals surface area contributed by atoms with Crippen LogP contribution in [0.15, 0.2) is 30.3 Å². The van der Waals surface area contributed by atoms with Gasteiger partial charge in [0.1, 0.15) is 6.54 Å². The third kappa shape index (κ3) is 2.75. The molecule has 1 atom stereocenters. The summed E-state index contributed by atoms with van der Waals surface area (Å²) < 4.78 is 0. The van der Waals surface area contributed by atoms with Gasteiger partial charge >= 0.3 is 12.0 Å². The molecule has 5 heteroatoms. The minimum absolute atomic E-state index is 0.0197. The minimum Gasteiger partial charge on any atom is -0.480 e. The molecule has 1 aromatic rings. The number of carboxylic acids is 1. The minimum atomic E-state index is -0.988. The van der Waals surface area contributed by atoms with Crippen molar-refractivity contribution in [2.45, 2.75) is 12.5 Å². The lowest BCUT2D eigenvalue weighted by Crippen LogP contribution is -2.49. The van der Waals surface area contributed by atoms with E-state index in [0.717, 1.165) is 12.0 Å². The van der Waals surface area contributed by atoms with Gasteiger partial charge in [-0.25, -0.2) is 4.79 Å². The van der Waals surface area contributed by atoms with Crippen molar-refractivity contribution in [2.75, 3.05) is 13.1 Å². The molecule has 0 radical (unpaired) electrons. The molecule has 2 amide bonds.